The molecule has 0 bridgehead atoms. The van der Waals surface area contributed by atoms with Crippen molar-refractivity contribution in [3.63, 3.8) is 0 Å². The Bertz CT molecular complexity index is 403. The number of ether oxygens (including phenoxy) is 2. The van der Waals surface area contributed by atoms with Crippen molar-refractivity contribution in [2.24, 2.45) is 0 Å². The summed E-state index contributed by atoms with van der Waals surface area (Å²) in [5.41, 5.74) is 5.92. The number of benzene rings is 1. The molecule has 0 unspecified atom stereocenters. The van der Waals surface area contributed by atoms with Gasteiger partial charge < -0.3 is 15.2 Å². The topological polar surface area (TPSA) is 78.6 Å². The van der Waals surface area contributed by atoms with E-state index in [1.807, 2.05) is 0 Å². The maximum atomic E-state index is 11.3. The van der Waals surface area contributed by atoms with E-state index in [1.54, 1.807) is 0 Å². The van der Waals surface area contributed by atoms with Crippen molar-refractivity contribution in [3.8, 4) is 0 Å². The van der Waals surface area contributed by atoms with Gasteiger partial charge >= 0.3 is 11.9 Å². The number of hydrogen-bond donors (Lipinski definition) is 1. The average molecular weight is 244 g/mol. The molecule has 0 amide bonds. The first kappa shape index (κ1) is 12.3. The zero-order valence-corrected chi connectivity index (χ0v) is 9.50. The molecule has 5 nitrogen and oxygen atoms in total. The fourth-order valence-electron chi connectivity index (χ4n) is 1.14. The van der Waals surface area contributed by atoms with Crippen molar-refractivity contribution in [1.82, 2.24) is 0 Å². The van der Waals surface area contributed by atoms with Gasteiger partial charge in [0.05, 0.1) is 30.4 Å². The molecule has 0 radical (unpaired) electrons. The van der Waals surface area contributed by atoms with Crippen molar-refractivity contribution in [2.45, 2.75) is 0 Å². The highest BCUT2D eigenvalue weighted by Gasteiger charge is 2.17. The molecule has 0 aliphatic rings. The SMILES string of the molecule is COC(=O)c1cc(Cl)c(C(=O)OC)cc1N. The molecule has 1 aromatic rings. The molecule has 0 saturated carbocycles. The van der Waals surface area contributed by atoms with Gasteiger partial charge in [0.25, 0.3) is 0 Å². The predicted octanol–water partition coefficient (Wildman–Crippen LogP) is 1.50. The molecule has 1 rings (SSSR count). The Hall–Kier alpha value is -1.75. The third-order valence-corrected chi connectivity index (χ3v) is 2.26. The van der Waals surface area contributed by atoms with Crippen LogP contribution in [0.25, 0.3) is 0 Å². The first-order valence-corrected chi connectivity index (χ1v) is 4.64. The maximum Gasteiger partial charge on any atom is 0.340 e. The number of hydrogen-bond acceptors (Lipinski definition) is 5. The van der Waals surface area contributed by atoms with Crippen LogP contribution < -0.4 is 5.73 Å². The summed E-state index contributed by atoms with van der Waals surface area (Å²) in [7, 11) is 2.45. The van der Waals surface area contributed by atoms with Gasteiger partial charge in [-0.05, 0) is 12.1 Å². The molecule has 1 aromatic carbocycles. The van der Waals surface area contributed by atoms with Crippen LogP contribution in [0.2, 0.25) is 5.02 Å². The third kappa shape index (κ3) is 2.25. The summed E-state index contributed by atoms with van der Waals surface area (Å²) in [6.45, 7) is 0. The van der Waals surface area contributed by atoms with Gasteiger partial charge in [-0.2, -0.15) is 0 Å². The lowest BCUT2D eigenvalue weighted by Gasteiger charge is -2.07. The summed E-state index contributed by atoms with van der Waals surface area (Å²) in [5.74, 6) is -1.23. The van der Waals surface area contributed by atoms with Crippen LogP contribution in [0, 0.1) is 0 Å². The highest BCUT2D eigenvalue weighted by Crippen LogP contribution is 2.24. The van der Waals surface area contributed by atoms with Crippen molar-refractivity contribution >= 4 is 29.2 Å². The molecular weight excluding hydrogens is 234 g/mol. The van der Waals surface area contributed by atoms with Crippen molar-refractivity contribution in [1.29, 1.82) is 0 Å². The Balaban J connectivity index is 3.27. The van der Waals surface area contributed by atoms with E-state index in [2.05, 4.69) is 9.47 Å². The van der Waals surface area contributed by atoms with Gasteiger partial charge in [0.2, 0.25) is 0 Å². The van der Waals surface area contributed by atoms with Crippen LogP contribution in [-0.4, -0.2) is 26.2 Å². The molecule has 2 N–H and O–H groups in total. The van der Waals surface area contributed by atoms with E-state index < -0.39 is 11.9 Å². The standard InChI is InChI=1S/C10H10ClNO4/c1-15-9(13)5-4-8(12)6(3-7(5)11)10(14)16-2/h3-4H,12H2,1-2H3. The summed E-state index contributed by atoms with van der Waals surface area (Å²) in [4.78, 5) is 22.5. The average Bonchev–Trinajstić information content (AvgIpc) is 2.29. The first-order chi connectivity index (χ1) is 7.51. The van der Waals surface area contributed by atoms with Crippen LogP contribution in [0.1, 0.15) is 20.7 Å². The number of rotatable bonds is 2. The molecule has 0 aromatic heterocycles. The number of esters is 2. The molecule has 0 heterocycles. The number of carbonyl (C=O) groups is 2. The van der Waals surface area contributed by atoms with Crippen LogP contribution in [0.15, 0.2) is 12.1 Å². The van der Waals surface area contributed by atoms with Gasteiger partial charge in [-0.15, -0.1) is 0 Å². The minimum absolute atomic E-state index is 0.0847. The third-order valence-electron chi connectivity index (χ3n) is 1.95. The molecule has 0 spiro atoms. The minimum atomic E-state index is -0.617. The number of halogens is 1. The van der Waals surface area contributed by atoms with E-state index in [9.17, 15) is 9.59 Å². The molecule has 6 heteroatoms. The van der Waals surface area contributed by atoms with Crippen LogP contribution in [-0.2, 0) is 9.47 Å². The van der Waals surface area contributed by atoms with Crippen molar-refractivity contribution in [3.05, 3.63) is 28.3 Å². The lowest BCUT2D eigenvalue weighted by Crippen LogP contribution is -2.09. The van der Waals surface area contributed by atoms with Crippen LogP contribution >= 0.6 is 11.6 Å². The highest BCUT2D eigenvalue weighted by molar-refractivity contribution is 6.34. The second-order valence-corrected chi connectivity index (χ2v) is 3.31. The summed E-state index contributed by atoms with van der Waals surface area (Å²) >= 11 is 5.81. The van der Waals surface area contributed by atoms with Crippen LogP contribution in [0.5, 0.6) is 0 Å². The molecule has 0 aliphatic heterocycles. The number of carbonyl (C=O) groups excluding carboxylic acids is 2. The Kier molecular flexibility index (Phi) is 3.73. The zero-order valence-electron chi connectivity index (χ0n) is 8.74. The van der Waals surface area contributed by atoms with Crippen molar-refractivity contribution in [2.75, 3.05) is 20.0 Å². The normalized spacial score (nSPS) is 9.69. The predicted molar refractivity (Wildman–Crippen MR) is 58.5 cm³/mol. The lowest BCUT2D eigenvalue weighted by atomic mass is 10.1. The summed E-state index contributed by atoms with van der Waals surface area (Å²) in [5, 5.41) is 0.0847. The number of nitrogens with two attached hydrogens (primary N) is 1. The summed E-state index contributed by atoms with van der Waals surface area (Å²) in [6, 6.07) is 2.55. The van der Waals surface area contributed by atoms with E-state index >= 15 is 0 Å². The van der Waals surface area contributed by atoms with Crippen LogP contribution in [0.4, 0.5) is 5.69 Å². The lowest BCUT2D eigenvalue weighted by molar-refractivity contribution is 0.0587. The first-order valence-electron chi connectivity index (χ1n) is 4.27. The molecule has 0 fully saturated rings. The fourth-order valence-corrected chi connectivity index (χ4v) is 1.38. The quantitative estimate of drug-likeness (QED) is 0.629. The number of methoxy groups -OCH3 is 2. The minimum Gasteiger partial charge on any atom is -0.465 e. The zero-order chi connectivity index (χ0) is 12.3. The monoisotopic (exact) mass is 243 g/mol. The van der Waals surface area contributed by atoms with E-state index in [4.69, 9.17) is 17.3 Å². The van der Waals surface area contributed by atoms with E-state index in [0.29, 0.717) is 0 Å². The molecular formula is C10H10ClNO4. The molecule has 0 atom stereocenters. The van der Waals surface area contributed by atoms with Crippen LogP contribution in [0.3, 0.4) is 0 Å². The molecule has 0 saturated heterocycles. The van der Waals surface area contributed by atoms with Gasteiger partial charge in [-0.1, -0.05) is 11.6 Å². The summed E-state index contributed by atoms with van der Waals surface area (Å²) in [6.07, 6.45) is 0. The van der Waals surface area contributed by atoms with Gasteiger partial charge in [0.1, 0.15) is 0 Å². The van der Waals surface area contributed by atoms with Crippen molar-refractivity contribution < 1.29 is 19.1 Å². The second-order valence-electron chi connectivity index (χ2n) is 2.90. The molecule has 86 valence electrons. The Morgan fingerprint density at radius 3 is 2.12 bits per heavy atom. The van der Waals surface area contributed by atoms with Gasteiger partial charge in [-0.25, -0.2) is 9.59 Å². The Morgan fingerprint density at radius 2 is 1.62 bits per heavy atom. The van der Waals surface area contributed by atoms with Gasteiger partial charge in [0, 0.05) is 5.69 Å². The number of nitrogen functional groups attached to an aromatic ring is 1. The molecule has 16 heavy (non-hydrogen) atoms. The maximum absolute atomic E-state index is 11.3. The Morgan fingerprint density at radius 1 is 1.12 bits per heavy atom. The molecule has 0 aliphatic carbocycles. The van der Waals surface area contributed by atoms with E-state index in [1.165, 1.54) is 26.4 Å². The van der Waals surface area contributed by atoms with E-state index in [-0.39, 0.29) is 21.8 Å². The largest absolute Gasteiger partial charge is 0.465 e. The highest BCUT2D eigenvalue weighted by atomic mass is 35.5. The fraction of sp³-hybridized carbons (Fsp3) is 0.200. The van der Waals surface area contributed by atoms with E-state index in [0.717, 1.165) is 0 Å². The second kappa shape index (κ2) is 4.85. The van der Waals surface area contributed by atoms with Gasteiger partial charge in [0.15, 0.2) is 0 Å². The van der Waals surface area contributed by atoms with Gasteiger partial charge in [-0.3, -0.25) is 0 Å². The number of anilines is 1. The summed E-state index contributed by atoms with van der Waals surface area (Å²) < 4.78 is 9.01. The Labute approximate surface area is 97.1 Å². The smallest absolute Gasteiger partial charge is 0.340 e.